The van der Waals surface area contributed by atoms with Crippen molar-refractivity contribution in [2.75, 3.05) is 5.73 Å². The maximum Gasteiger partial charge on any atom is 0.210 e. The van der Waals surface area contributed by atoms with Gasteiger partial charge >= 0.3 is 0 Å². The fraction of sp³-hybridized carbons (Fsp3) is 0.0556. The van der Waals surface area contributed by atoms with Gasteiger partial charge in [0.1, 0.15) is 0 Å². The van der Waals surface area contributed by atoms with Crippen LogP contribution in [0.5, 0.6) is 0 Å². The largest absolute Gasteiger partial charge is 0.399 e. The molecule has 6 nitrogen and oxygen atoms in total. The molecule has 3 rings (SSSR count). The molecular weight excluding hydrogens is 300 g/mol. The monoisotopic (exact) mass is 316 g/mol. The zero-order chi connectivity index (χ0) is 16.8. The summed E-state index contributed by atoms with van der Waals surface area (Å²) >= 11 is 0. The number of nitrogens with zero attached hydrogens (tertiary/aromatic N) is 3. The van der Waals surface area contributed by atoms with Crippen LogP contribution in [-0.4, -0.2) is 10.9 Å². The van der Waals surface area contributed by atoms with Crippen molar-refractivity contribution in [1.29, 1.82) is 5.26 Å². The molecule has 6 heteroatoms. The van der Waals surface area contributed by atoms with Crippen molar-refractivity contribution in [1.82, 2.24) is 15.6 Å². The molecule has 0 spiro atoms. The molecule has 0 saturated carbocycles. The van der Waals surface area contributed by atoms with E-state index in [1.54, 1.807) is 6.20 Å². The number of rotatable bonds is 3. The Kier molecular flexibility index (Phi) is 4.54. The van der Waals surface area contributed by atoms with Gasteiger partial charge in [0.2, 0.25) is 5.96 Å². The van der Waals surface area contributed by atoms with Gasteiger partial charge in [0.05, 0.1) is 11.2 Å². The highest BCUT2D eigenvalue weighted by molar-refractivity contribution is 5.94. The van der Waals surface area contributed by atoms with Crippen molar-refractivity contribution in [2.24, 2.45) is 4.99 Å². The van der Waals surface area contributed by atoms with E-state index in [1.165, 1.54) is 0 Å². The molecule has 24 heavy (non-hydrogen) atoms. The maximum atomic E-state index is 8.95. The molecule has 0 atom stereocenters. The van der Waals surface area contributed by atoms with Crippen LogP contribution in [0.1, 0.15) is 5.56 Å². The molecule has 0 aliphatic heterocycles. The van der Waals surface area contributed by atoms with Crippen LogP contribution in [0.2, 0.25) is 0 Å². The van der Waals surface area contributed by atoms with E-state index in [0.717, 1.165) is 22.2 Å². The van der Waals surface area contributed by atoms with Crippen LogP contribution in [0.3, 0.4) is 0 Å². The van der Waals surface area contributed by atoms with Crippen LogP contribution >= 0.6 is 0 Å². The predicted octanol–water partition coefficient (Wildman–Crippen LogP) is 2.66. The van der Waals surface area contributed by atoms with Crippen molar-refractivity contribution in [2.45, 2.75) is 6.54 Å². The number of pyridine rings is 1. The standard InChI is InChI=1S/C18H16N6/c19-12-23-18(22-11-13-6-8-14(20)9-7-13)24-17-5-1-4-16-15(17)3-2-10-21-16/h1-10H,11,20H2,(H2,22,23,24). The first-order chi connectivity index (χ1) is 11.8. The van der Waals surface area contributed by atoms with Crippen molar-refractivity contribution in [3.8, 4) is 6.19 Å². The lowest BCUT2D eigenvalue weighted by atomic mass is 10.2. The SMILES string of the molecule is N#CN/C(=N/c1cccc2ncccc12)NCc1ccc(N)cc1. The van der Waals surface area contributed by atoms with E-state index in [9.17, 15) is 0 Å². The van der Waals surface area contributed by atoms with Gasteiger partial charge in [0.15, 0.2) is 6.19 Å². The number of nitrogens with two attached hydrogens (primary N) is 1. The van der Waals surface area contributed by atoms with Gasteiger partial charge < -0.3 is 11.1 Å². The second-order valence-corrected chi connectivity index (χ2v) is 5.14. The molecule has 0 fully saturated rings. The molecule has 3 aromatic rings. The molecule has 0 aliphatic carbocycles. The Hall–Kier alpha value is -3.59. The molecule has 1 aromatic heterocycles. The molecule has 0 radical (unpaired) electrons. The van der Waals surface area contributed by atoms with Crippen molar-refractivity contribution < 1.29 is 0 Å². The summed E-state index contributed by atoms with van der Waals surface area (Å²) in [6.07, 6.45) is 3.64. The summed E-state index contributed by atoms with van der Waals surface area (Å²) in [5.41, 5.74) is 9.03. The summed E-state index contributed by atoms with van der Waals surface area (Å²) in [4.78, 5) is 8.83. The molecule has 118 valence electrons. The van der Waals surface area contributed by atoms with E-state index in [-0.39, 0.29) is 0 Å². The molecule has 1 heterocycles. The van der Waals surface area contributed by atoms with Crippen molar-refractivity contribution >= 4 is 28.2 Å². The number of aromatic nitrogens is 1. The van der Waals surface area contributed by atoms with Crippen LogP contribution < -0.4 is 16.4 Å². The maximum absolute atomic E-state index is 8.95. The van der Waals surface area contributed by atoms with E-state index in [2.05, 4.69) is 20.6 Å². The van der Waals surface area contributed by atoms with Crippen molar-refractivity contribution in [3.63, 3.8) is 0 Å². The fourth-order valence-electron chi connectivity index (χ4n) is 2.29. The quantitative estimate of drug-likeness (QED) is 0.227. The minimum Gasteiger partial charge on any atom is -0.399 e. The molecule has 0 saturated heterocycles. The van der Waals surface area contributed by atoms with Crippen LogP contribution in [0.15, 0.2) is 65.8 Å². The van der Waals surface area contributed by atoms with Crippen LogP contribution in [0, 0.1) is 11.5 Å². The second kappa shape index (κ2) is 7.11. The third-order valence-corrected chi connectivity index (χ3v) is 3.47. The van der Waals surface area contributed by atoms with Crippen LogP contribution in [-0.2, 0) is 6.54 Å². The Labute approximate surface area is 139 Å². The number of anilines is 1. The average Bonchev–Trinajstić information content (AvgIpc) is 2.61. The third-order valence-electron chi connectivity index (χ3n) is 3.47. The van der Waals surface area contributed by atoms with E-state index < -0.39 is 0 Å². The highest BCUT2D eigenvalue weighted by Gasteiger charge is 2.03. The number of nitriles is 1. The first kappa shape index (κ1) is 15.3. The minimum atomic E-state index is 0.380. The molecule has 0 amide bonds. The van der Waals surface area contributed by atoms with Gasteiger partial charge in [-0.25, -0.2) is 4.99 Å². The zero-order valence-electron chi connectivity index (χ0n) is 12.9. The summed E-state index contributed by atoms with van der Waals surface area (Å²) in [5.74, 6) is 0.380. The van der Waals surface area contributed by atoms with Gasteiger partial charge in [0.25, 0.3) is 0 Å². The van der Waals surface area contributed by atoms with Crippen molar-refractivity contribution in [3.05, 3.63) is 66.4 Å². The predicted molar refractivity (Wildman–Crippen MR) is 95.3 cm³/mol. The Balaban J connectivity index is 1.85. The van der Waals surface area contributed by atoms with Gasteiger partial charge in [0, 0.05) is 23.8 Å². The number of nitrogens with one attached hydrogen (secondary N) is 2. The number of hydrogen-bond acceptors (Lipinski definition) is 4. The van der Waals surface area contributed by atoms with E-state index in [0.29, 0.717) is 18.2 Å². The van der Waals surface area contributed by atoms with Crippen LogP contribution in [0.4, 0.5) is 11.4 Å². The first-order valence-electron chi connectivity index (χ1n) is 7.42. The van der Waals surface area contributed by atoms with Gasteiger partial charge in [-0.15, -0.1) is 0 Å². The Morgan fingerprint density at radius 2 is 1.96 bits per heavy atom. The summed E-state index contributed by atoms with van der Waals surface area (Å²) in [6.45, 7) is 0.525. The minimum absolute atomic E-state index is 0.380. The number of benzene rings is 2. The second-order valence-electron chi connectivity index (χ2n) is 5.14. The first-order valence-corrected chi connectivity index (χ1v) is 7.42. The molecular formula is C18H16N6. The number of aliphatic imine (C=N–C) groups is 1. The Bertz CT molecular complexity index is 903. The summed E-state index contributed by atoms with van der Waals surface area (Å²) in [7, 11) is 0. The van der Waals surface area contributed by atoms with E-state index in [4.69, 9.17) is 11.0 Å². The third kappa shape index (κ3) is 3.59. The molecule has 0 bridgehead atoms. The Morgan fingerprint density at radius 1 is 1.12 bits per heavy atom. The number of fused-ring (bicyclic) bond motifs is 1. The lowest BCUT2D eigenvalue weighted by molar-refractivity contribution is 0.884. The summed E-state index contributed by atoms with van der Waals surface area (Å²) in [6, 6.07) is 17.0. The number of hydrogen-bond donors (Lipinski definition) is 3. The molecule has 4 N–H and O–H groups in total. The normalized spacial score (nSPS) is 11.0. The molecule has 0 aliphatic rings. The summed E-state index contributed by atoms with van der Waals surface area (Å²) in [5, 5.41) is 15.6. The fourth-order valence-corrected chi connectivity index (χ4v) is 2.29. The number of guanidine groups is 1. The van der Waals surface area contributed by atoms with Crippen LogP contribution in [0.25, 0.3) is 10.9 Å². The topological polar surface area (TPSA) is 99.1 Å². The molecule has 0 unspecified atom stereocenters. The number of nitrogen functional groups attached to an aromatic ring is 1. The summed E-state index contributed by atoms with van der Waals surface area (Å²) < 4.78 is 0. The zero-order valence-corrected chi connectivity index (χ0v) is 12.9. The smallest absolute Gasteiger partial charge is 0.210 e. The lowest BCUT2D eigenvalue weighted by Gasteiger charge is -2.09. The molecule has 2 aromatic carbocycles. The van der Waals surface area contributed by atoms with Gasteiger partial charge in [-0.1, -0.05) is 18.2 Å². The van der Waals surface area contributed by atoms with Gasteiger partial charge in [-0.3, -0.25) is 10.3 Å². The van der Waals surface area contributed by atoms with Gasteiger partial charge in [-0.05, 0) is 42.0 Å². The average molecular weight is 316 g/mol. The van der Waals surface area contributed by atoms with E-state index >= 15 is 0 Å². The highest BCUT2D eigenvalue weighted by atomic mass is 15.2. The van der Waals surface area contributed by atoms with Gasteiger partial charge in [-0.2, -0.15) is 5.26 Å². The Morgan fingerprint density at radius 3 is 2.75 bits per heavy atom. The lowest BCUT2D eigenvalue weighted by Crippen LogP contribution is -2.33. The van der Waals surface area contributed by atoms with E-state index in [1.807, 2.05) is 60.8 Å². The highest BCUT2D eigenvalue weighted by Crippen LogP contribution is 2.23.